The lowest BCUT2D eigenvalue weighted by Gasteiger charge is -2.41. The summed E-state index contributed by atoms with van der Waals surface area (Å²) in [6.07, 6.45) is 6.81. The van der Waals surface area contributed by atoms with Crippen molar-refractivity contribution < 1.29 is 27.1 Å². The molecule has 46 heavy (non-hydrogen) atoms. The Hall–Kier alpha value is -3.90. The highest BCUT2D eigenvalue weighted by molar-refractivity contribution is 7.93. The van der Waals surface area contributed by atoms with E-state index < -0.39 is 27.5 Å². The van der Waals surface area contributed by atoms with Gasteiger partial charge in [-0.15, -0.1) is 0 Å². The Kier molecular flexibility index (Phi) is 8.04. The van der Waals surface area contributed by atoms with Gasteiger partial charge in [-0.05, 0) is 92.9 Å². The van der Waals surface area contributed by atoms with E-state index in [1.165, 1.54) is 38.3 Å². The number of carbonyl (C=O) groups excluding carboxylic acids is 1. The number of rotatable bonds is 9. The van der Waals surface area contributed by atoms with Gasteiger partial charge in [0.2, 0.25) is 5.89 Å². The molecule has 0 bridgehead atoms. The van der Waals surface area contributed by atoms with Crippen LogP contribution in [-0.2, 0) is 26.9 Å². The van der Waals surface area contributed by atoms with Crippen LogP contribution in [0, 0.1) is 0 Å². The van der Waals surface area contributed by atoms with Gasteiger partial charge in [-0.3, -0.25) is 14.6 Å². The lowest BCUT2D eigenvalue weighted by molar-refractivity contribution is -0.127. The molecule has 1 amide bonds. The highest BCUT2D eigenvalue weighted by Crippen LogP contribution is 2.56. The van der Waals surface area contributed by atoms with E-state index in [0.717, 1.165) is 35.9 Å². The first-order valence-corrected chi connectivity index (χ1v) is 17.2. The summed E-state index contributed by atoms with van der Waals surface area (Å²) in [4.78, 5) is 24.2. The van der Waals surface area contributed by atoms with Crippen LogP contribution in [0.1, 0.15) is 54.3 Å². The summed E-state index contributed by atoms with van der Waals surface area (Å²) in [5, 5.41) is 0.371. The molecule has 2 saturated heterocycles. The maximum absolute atomic E-state index is 15.4. The molecule has 0 radical (unpaired) electrons. The maximum Gasteiger partial charge on any atom is 0.271 e. The summed E-state index contributed by atoms with van der Waals surface area (Å²) >= 11 is 6.66. The molecular formula is C34H35ClN4O6S. The van der Waals surface area contributed by atoms with Crippen LogP contribution >= 0.6 is 11.6 Å². The first-order chi connectivity index (χ1) is 22.3. The van der Waals surface area contributed by atoms with Crippen LogP contribution in [0.2, 0.25) is 5.02 Å². The van der Waals surface area contributed by atoms with Crippen molar-refractivity contribution in [2.24, 2.45) is 0 Å². The monoisotopic (exact) mass is 662 g/mol. The average Bonchev–Trinajstić information content (AvgIpc) is 3.88. The topological polar surface area (TPSA) is 105 Å². The quantitative estimate of drug-likeness (QED) is 0.221. The molecule has 0 aliphatic carbocycles. The molecule has 4 heterocycles. The first-order valence-electron chi connectivity index (χ1n) is 15.4. The van der Waals surface area contributed by atoms with Gasteiger partial charge in [-0.25, -0.2) is 17.7 Å². The van der Waals surface area contributed by atoms with E-state index in [2.05, 4.69) is 9.88 Å². The molecule has 2 fully saturated rings. The number of oxazole rings is 1. The predicted molar refractivity (Wildman–Crippen MR) is 173 cm³/mol. The number of hydrogen-bond acceptors (Lipinski definition) is 9. The van der Waals surface area contributed by atoms with Crippen LogP contribution in [0.5, 0.6) is 11.5 Å². The number of carbonyl (C=O) groups is 1. The van der Waals surface area contributed by atoms with Crippen LogP contribution in [0.4, 0.5) is 5.69 Å². The van der Waals surface area contributed by atoms with Gasteiger partial charge < -0.3 is 13.9 Å². The third kappa shape index (κ3) is 4.88. The standard InChI is InChI=1S/C34H35ClN4O6S/c1-43-25-9-11-26(12-10-25)46(41,42)39-29-14-8-24(35)21-28(29)34(33(39)40,38-18-5-6-30(38)32-36-15-19-45-32)27-13-7-23(20-31(27)44-2)22-37-16-3-4-17-37/h7-15,19-21,30H,3-6,16-18,22H2,1-2H3/t30-,34?/m0/s1. The summed E-state index contributed by atoms with van der Waals surface area (Å²) in [7, 11) is -1.31. The van der Waals surface area contributed by atoms with Gasteiger partial charge in [0.1, 0.15) is 17.8 Å². The van der Waals surface area contributed by atoms with E-state index >= 15 is 4.79 Å². The third-order valence-corrected chi connectivity index (χ3v) is 11.3. The van der Waals surface area contributed by atoms with Crippen molar-refractivity contribution in [2.45, 2.75) is 48.7 Å². The number of benzene rings is 3. The van der Waals surface area contributed by atoms with Crippen molar-refractivity contribution in [1.29, 1.82) is 0 Å². The normalized spacial score (nSPS) is 22.0. The van der Waals surface area contributed by atoms with Crippen molar-refractivity contribution >= 4 is 33.2 Å². The number of amides is 1. The molecule has 3 aromatic carbocycles. The largest absolute Gasteiger partial charge is 0.497 e. The van der Waals surface area contributed by atoms with Gasteiger partial charge in [0.25, 0.3) is 15.9 Å². The van der Waals surface area contributed by atoms with Crippen molar-refractivity contribution in [3.63, 3.8) is 0 Å². The van der Waals surface area contributed by atoms with E-state index in [4.69, 9.17) is 25.5 Å². The summed E-state index contributed by atoms with van der Waals surface area (Å²) in [5.74, 6) is 0.787. The minimum absolute atomic E-state index is 0.0445. The summed E-state index contributed by atoms with van der Waals surface area (Å²) in [5.41, 5.74) is 0.618. The molecule has 0 N–H and O–H groups in total. The number of ether oxygens (including phenoxy) is 2. The highest BCUT2D eigenvalue weighted by Gasteiger charge is 2.62. The van der Waals surface area contributed by atoms with E-state index in [9.17, 15) is 8.42 Å². The Morgan fingerprint density at radius 2 is 1.74 bits per heavy atom. The number of aromatic nitrogens is 1. The smallest absolute Gasteiger partial charge is 0.271 e. The SMILES string of the molecule is COc1ccc(S(=O)(=O)N2C(=O)C(c3ccc(CN4CCCC4)cc3OC)(N3CCC[C@H]3c3ncco3)c3cc(Cl)ccc32)cc1. The summed E-state index contributed by atoms with van der Waals surface area (Å²) < 4.78 is 47.0. The zero-order valence-corrected chi connectivity index (χ0v) is 27.3. The number of likely N-dealkylation sites (tertiary alicyclic amines) is 2. The molecular weight excluding hydrogens is 628 g/mol. The second-order valence-corrected chi connectivity index (χ2v) is 14.1. The molecule has 240 valence electrons. The van der Waals surface area contributed by atoms with Crippen LogP contribution in [-0.4, -0.2) is 63.0 Å². The van der Waals surface area contributed by atoms with Crippen LogP contribution in [0.15, 0.2) is 82.4 Å². The lowest BCUT2D eigenvalue weighted by Crippen LogP contribution is -2.54. The average molecular weight is 663 g/mol. The lowest BCUT2D eigenvalue weighted by atomic mass is 9.80. The predicted octanol–water partition coefficient (Wildman–Crippen LogP) is 5.76. The van der Waals surface area contributed by atoms with Crippen molar-refractivity contribution in [3.8, 4) is 11.5 Å². The van der Waals surface area contributed by atoms with Gasteiger partial charge >= 0.3 is 0 Å². The Balaban J connectivity index is 1.46. The number of hydrogen-bond donors (Lipinski definition) is 0. The van der Waals surface area contributed by atoms with Gasteiger partial charge in [-0.2, -0.15) is 0 Å². The molecule has 0 saturated carbocycles. The maximum atomic E-state index is 15.4. The molecule has 10 nitrogen and oxygen atoms in total. The molecule has 12 heteroatoms. The Morgan fingerprint density at radius 3 is 2.43 bits per heavy atom. The van der Waals surface area contributed by atoms with Crippen LogP contribution in [0.3, 0.4) is 0 Å². The van der Waals surface area contributed by atoms with E-state index in [-0.39, 0.29) is 10.6 Å². The number of nitrogens with zero attached hydrogens (tertiary/aromatic N) is 4. The number of anilines is 1. The van der Waals surface area contributed by atoms with Crippen molar-refractivity contribution in [2.75, 3.05) is 38.2 Å². The van der Waals surface area contributed by atoms with Crippen LogP contribution in [0.25, 0.3) is 0 Å². The molecule has 2 atom stereocenters. The fourth-order valence-electron chi connectivity index (χ4n) is 7.29. The van der Waals surface area contributed by atoms with E-state index in [1.54, 1.807) is 43.6 Å². The fourth-order valence-corrected chi connectivity index (χ4v) is 8.92. The molecule has 1 aromatic heterocycles. The van der Waals surface area contributed by atoms with Gasteiger partial charge in [-0.1, -0.05) is 23.7 Å². The number of halogens is 1. The molecule has 4 aromatic rings. The Morgan fingerprint density at radius 1 is 0.957 bits per heavy atom. The van der Waals surface area contributed by atoms with Crippen molar-refractivity contribution in [3.05, 3.63) is 101 Å². The molecule has 3 aliphatic rings. The number of sulfonamides is 1. The second kappa shape index (κ2) is 12.0. The number of fused-ring (bicyclic) bond motifs is 1. The fraction of sp³-hybridized carbons (Fsp3) is 0.353. The third-order valence-electron chi connectivity index (χ3n) is 9.34. The summed E-state index contributed by atoms with van der Waals surface area (Å²) in [6, 6.07) is 16.4. The first kappa shape index (κ1) is 30.7. The Bertz CT molecular complexity index is 1860. The highest BCUT2D eigenvalue weighted by atomic mass is 35.5. The minimum atomic E-state index is -4.39. The van der Waals surface area contributed by atoms with Crippen molar-refractivity contribution in [1.82, 2.24) is 14.8 Å². The zero-order valence-electron chi connectivity index (χ0n) is 25.7. The van der Waals surface area contributed by atoms with Gasteiger partial charge in [0, 0.05) is 29.2 Å². The van der Waals surface area contributed by atoms with E-state index in [1.807, 2.05) is 23.1 Å². The van der Waals surface area contributed by atoms with Gasteiger partial charge in [0.15, 0.2) is 5.54 Å². The van der Waals surface area contributed by atoms with Gasteiger partial charge in [0.05, 0.1) is 37.0 Å². The number of methoxy groups -OCH3 is 2. The second-order valence-electron chi connectivity index (χ2n) is 11.9. The molecule has 3 aliphatic heterocycles. The summed E-state index contributed by atoms with van der Waals surface area (Å²) in [6.45, 7) is 3.28. The Labute approximate surface area is 273 Å². The zero-order chi connectivity index (χ0) is 32.1. The van der Waals surface area contributed by atoms with Crippen LogP contribution < -0.4 is 13.8 Å². The minimum Gasteiger partial charge on any atom is -0.497 e. The molecule has 7 rings (SSSR count). The van der Waals surface area contributed by atoms with E-state index in [0.29, 0.717) is 46.5 Å². The molecule has 0 spiro atoms. The molecule has 1 unspecified atom stereocenters.